The summed E-state index contributed by atoms with van der Waals surface area (Å²) in [7, 11) is 1.65. The molecule has 0 atom stereocenters. The van der Waals surface area contributed by atoms with Gasteiger partial charge in [0, 0.05) is 19.7 Å². The Morgan fingerprint density at radius 3 is 2.53 bits per heavy atom. The van der Waals surface area contributed by atoms with Gasteiger partial charge in [-0.05, 0) is 36.8 Å². The van der Waals surface area contributed by atoms with Crippen molar-refractivity contribution >= 4 is 33.7 Å². The number of hydrogen-bond acceptors (Lipinski definition) is 5. The van der Waals surface area contributed by atoms with E-state index in [0.717, 1.165) is 44.9 Å². The summed E-state index contributed by atoms with van der Waals surface area (Å²) in [6.07, 6.45) is 1.82. The summed E-state index contributed by atoms with van der Waals surface area (Å²) in [6, 6.07) is 15.8. The predicted molar refractivity (Wildman–Crippen MR) is 114 cm³/mol. The molecule has 0 radical (unpaired) electrons. The molecular weight excluding hydrogens is 380 g/mol. The summed E-state index contributed by atoms with van der Waals surface area (Å²) >= 11 is 0. The fourth-order valence-electron chi connectivity index (χ4n) is 3.86. The molecule has 150 valence electrons. The largest absolute Gasteiger partial charge is 0.497 e. The second-order valence-electron chi connectivity index (χ2n) is 7.18. The third kappa shape index (κ3) is 2.86. The minimum Gasteiger partial charge on any atom is -0.497 e. The zero-order valence-corrected chi connectivity index (χ0v) is 16.9. The van der Waals surface area contributed by atoms with Crippen LogP contribution in [0.4, 0.5) is 0 Å². The molecule has 2 aromatic carbocycles. The number of hydrogen-bond donors (Lipinski definition) is 0. The Balaban J connectivity index is 1.76. The van der Waals surface area contributed by atoms with Gasteiger partial charge in [-0.15, -0.1) is 0 Å². The van der Waals surface area contributed by atoms with Gasteiger partial charge in [0.15, 0.2) is 11.4 Å². The molecule has 0 unspecified atom stereocenters. The maximum absolute atomic E-state index is 11.8. The van der Waals surface area contributed by atoms with Gasteiger partial charge in [0.05, 0.1) is 18.1 Å². The molecule has 30 heavy (non-hydrogen) atoms. The Bertz CT molecular complexity index is 1410. The maximum atomic E-state index is 11.8. The number of imidazole rings is 1. The highest BCUT2D eigenvalue weighted by Crippen LogP contribution is 2.33. The maximum Gasteiger partial charge on any atom is 0.308 e. The monoisotopic (exact) mass is 400 g/mol. The fourth-order valence-corrected chi connectivity index (χ4v) is 3.86. The van der Waals surface area contributed by atoms with E-state index in [9.17, 15) is 4.79 Å². The molecule has 0 fully saturated rings. The molecule has 0 saturated heterocycles. The molecule has 0 aliphatic heterocycles. The number of carbonyl (C=O) groups excluding carboxylic acids is 1. The Morgan fingerprint density at radius 1 is 1.03 bits per heavy atom. The molecule has 0 bridgehead atoms. The van der Waals surface area contributed by atoms with E-state index in [1.54, 1.807) is 7.11 Å². The second kappa shape index (κ2) is 6.88. The van der Waals surface area contributed by atoms with Crippen molar-refractivity contribution in [3.8, 4) is 11.5 Å². The highest BCUT2D eigenvalue weighted by Gasteiger charge is 2.20. The first-order valence-electron chi connectivity index (χ1n) is 9.63. The van der Waals surface area contributed by atoms with Crippen LogP contribution in [0, 0.1) is 6.92 Å². The van der Waals surface area contributed by atoms with Gasteiger partial charge >= 0.3 is 5.97 Å². The normalized spacial score (nSPS) is 11.4. The van der Waals surface area contributed by atoms with E-state index >= 15 is 0 Å². The number of aromatic nitrogens is 4. The summed E-state index contributed by atoms with van der Waals surface area (Å²) in [5, 5.41) is 0.723. The van der Waals surface area contributed by atoms with Gasteiger partial charge in [-0.3, -0.25) is 9.20 Å². The average molecular weight is 400 g/mol. The van der Waals surface area contributed by atoms with Gasteiger partial charge in [-0.1, -0.05) is 24.3 Å². The van der Waals surface area contributed by atoms with Gasteiger partial charge < -0.3 is 14.0 Å². The van der Waals surface area contributed by atoms with Crippen molar-refractivity contribution in [3.63, 3.8) is 0 Å². The van der Waals surface area contributed by atoms with Crippen LogP contribution in [0.2, 0.25) is 0 Å². The molecule has 0 aliphatic rings. The van der Waals surface area contributed by atoms with E-state index in [-0.39, 0.29) is 5.97 Å². The molecule has 7 heteroatoms. The highest BCUT2D eigenvalue weighted by molar-refractivity contribution is 6.00. The number of para-hydroxylation sites is 2. The lowest BCUT2D eigenvalue weighted by atomic mass is 10.2. The van der Waals surface area contributed by atoms with Gasteiger partial charge in [0.25, 0.3) is 0 Å². The zero-order chi connectivity index (χ0) is 20.8. The number of fused-ring (bicyclic) bond motifs is 5. The summed E-state index contributed by atoms with van der Waals surface area (Å²) in [5.41, 5.74) is 4.36. The van der Waals surface area contributed by atoms with Crippen LogP contribution in [0.1, 0.15) is 18.3 Å². The predicted octanol–water partition coefficient (Wildman–Crippen LogP) is 4.13. The van der Waals surface area contributed by atoms with Crippen molar-refractivity contribution in [1.29, 1.82) is 0 Å². The van der Waals surface area contributed by atoms with Crippen LogP contribution in [0.25, 0.3) is 27.7 Å². The molecule has 5 aromatic rings. The Kier molecular flexibility index (Phi) is 4.17. The lowest BCUT2D eigenvalue weighted by Gasteiger charge is -2.08. The topological polar surface area (TPSA) is 70.7 Å². The number of ether oxygens (including phenoxy) is 2. The number of benzene rings is 2. The minimum atomic E-state index is -0.381. The van der Waals surface area contributed by atoms with Crippen molar-refractivity contribution in [2.24, 2.45) is 0 Å². The van der Waals surface area contributed by atoms with Gasteiger partial charge in [0.1, 0.15) is 22.6 Å². The van der Waals surface area contributed by atoms with Crippen molar-refractivity contribution in [1.82, 2.24) is 18.9 Å². The summed E-state index contributed by atoms with van der Waals surface area (Å²) < 4.78 is 14.8. The van der Waals surface area contributed by atoms with Crippen LogP contribution < -0.4 is 9.47 Å². The summed E-state index contributed by atoms with van der Waals surface area (Å²) in [5.74, 6) is 1.69. The van der Waals surface area contributed by atoms with Crippen molar-refractivity contribution in [2.45, 2.75) is 20.4 Å². The van der Waals surface area contributed by atoms with Crippen molar-refractivity contribution < 1.29 is 14.3 Å². The molecule has 7 nitrogen and oxygen atoms in total. The molecule has 5 rings (SSSR count). The molecule has 0 spiro atoms. The van der Waals surface area contributed by atoms with Crippen molar-refractivity contribution in [2.75, 3.05) is 7.11 Å². The fraction of sp³-hybridized carbons (Fsp3) is 0.174. The molecule has 0 N–H and O–H groups in total. The van der Waals surface area contributed by atoms with E-state index in [1.165, 1.54) is 6.92 Å². The van der Waals surface area contributed by atoms with Crippen LogP contribution in [0.15, 0.2) is 54.7 Å². The smallest absolute Gasteiger partial charge is 0.308 e. The van der Waals surface area contributed by atoms with Crippen molar-refractivity contribution in [3.05, 3.63) is 66.1 Å². The van der Waals surface area contributed by atoms with E-state index in [4.69, 9.17) is 19.4 Å². The van der Waals surface area contributed by atoms with Crippen LogP contribution in [0.3, 0.4) is 0 Å². The standard InChI is InChI=1S/C23H20N4O3/c1-14-24-22-21(23-25-18-6-4-5-7-19(18)27(14)23)20(30-15(2)28)13-26(22)12-16-8-10-17(29-3)11-9-16/h4-11,13H,12H2,1-3H3. The van der Waals surface area contributed by atoms with E-state index in [1.807, 2.05) is 70.6 Å². The molecular formula is C23H20N4O3. The van der Waals surface area contributed by atoms with Crippen LogP contribution in [0.5, 0.6) is 11.5 Å². The third-order valence-corrected chi connectivity index (χ3v) is 5.16. The number of aryl methyl sites for hydroxylation is 1. The number of rotatable bonds is 4. The highest BCUT2D eigenvalue weighted by atomic mass is 16.5. The van der Waals surface area contributed by atoms with Gasteiger partial charge in [0.2, 0.25) is 0 Å². The van der Waals surface area contributed by atoms with E-state index in [2.05, 4.69) is 0 Å². The van der Waals surface area contributed by atoms with Gasteiger partial charge in [-0.25, -0.2) is 9.97 Å². The SMILES string of the molecule is COc1ccc(Cn2cc(OC(C)=O)c3c2nc(C)n2c4ccccc4nc32)cc1. The molecule has 3 heterocycles. The lowest BCUT2D eigenvalue weighted by Crippen LogP contribution is -2.03. The van der Waals surface area contributed by atoms with Gasteiger partial charge in [-0.2, -0.15) is 0 Å². The zero-order valence-electron chi connectivity index (χ0n) is 16.9. The Morgan fingerprint density at radius 2 is 1.80 bits per heavy atom. The minimum absolute atomic E-state index is 0.381. The molecule has 0 amide bonds. The summed E-state index contributed by atoms with van der Waals surface area (Å²) in [6.45, 7) is 3.93. The van der Waals surface area contributed by atoms with Crippen LogP contribution in [-0.4, -0.2) is 32.0 Å². The first kappa shape index (κ1) is 18.2. The summed E-state index contributed by atoms with van der Waals surface area (Å²) in [4.78, 5) is 21.4. The second-order valence-corrected chi connectivity index (χ2v) is 7.18. The quantitative estimate of drug-likeness (QED) is 0.424. The number of methoxy groups -OCH3 is 1. The third-order valence-electron chi connectivity index (χ3n) is 5.16. The number of carbonyl (C=O) groups is 1. The van der Waals surface area contributed by atoms with Crippen LogP contribution in [-0.2, 0) is 11.3 Å². The number of esters is 1. The average Bonchev–Trinajstić information content (AvgIpc) is 3.27. The van der Waals surface area contributed by atoms with E-state index < -0.39 is 0 Å². The van der Waals surface area contributed by atoms with Crippen LogP contribution >= 0.6 is 0 Å². The number of nitrogens with zero attached hydrogens (tertiary/aromatic N) is 4. The van der Waals surface area contributed by atoms with E-state index in [0.29, 0.717) is 12.3 Å². The molecule has 3 aromatic heterocycles. The lowest BCUT2D eigenvalue weighted by molar-refractivity contribution is -0.131. The first-order chi connectivity index (χ1) is 14.5. The Hall–Kier alpha value is -3.87. The first-order valence-corrected chi connectivity index (χ1v) is 9.63. The Labute approximate surface area is 172 Å². The molecule has 0 saturated carbocycles. The molecule has 0 aliphatic carbocycles.